The van der Waals surface area contributed by atoms with E-state index in [0.29, 0.717) is 24.1 Å². The molecule has 4 rings (SSSR count). The molecule has 170 valence electrons. The number of furan rings is 1. The van der Waals surface area contributed by atoms with Gasteiger partial charge in [-0.05, 0) is 78.9 Å². The third kappa shape index (κ3) is 5.12. The van der Waals surface area contributed by atoms with Gasteiger partial charge in [-0.1, -0.05) is 0 Å². The molecule has 10 heteroatoms. The third-order valence-electron chi connectivity index (χ3n) is 5.31. The zero-order chi connectivity index (χ0) is 22.9. The first-order valence-electron chi connectivity index (χ1n) is 10.0. The van der Waals surface area contributed by atoms with E-state index in [4.69, 9.17) is 9.15 Å². The molecule has 2 N–H and O–H groups in total. The van der Waals surface area contributed by atoms with Gasteiger partial charge in [-0.15, -0.1) is 0 Å². The zero-order valence-corrected chi connectivity index (χ0v) is 19.3. The maximum absolute atomic E-state index is 13.7. The Bertz CT molecular complexity index is 1120. The van der Waals surface area contributed by atoms with Gasteiger partial charge in [-0.3, -0.25) is 0 Å². The van der Waals surface area contributed by atoms with Crippen molar-refractivity contribution in [3.8, 4) is 5.75 Å². The minimum absolute atomic E-state index is 0.00625. The van der Waals surface area contributed by atoms with Crippen LogP contribution in [0.4, 0.5) is 29.3 Å². The molecule has 6 nitrogen and oxygen atoms in total. The quantitative estimate of drug-likeness (QED) is 0.376. The molecule has 1 saturated heterocycles. The molecule has 0 bridgehead atoms. The van der Waals surface area contributed by atoms with Gasteiger partial charge >= 0.3 is 12.2 Å². The summed E-state index contributed by atoms with van der Waals surface area (Å²) < 4.78 is 53.1. The molecule has 0 spiro atoms. The van der Waals surface area contributed by atoms with Gasteiger partial charge in [0.25, 0.3) is 0 Å². The van der Waals surface area contributed by atoms with E-state index in [1.807, 2.05) is 13.1 Å². The van der Waals surface area contributed by atoms with E-state index < -0.39 is 17.8 Å². The Kier molecular flexibility index (Phi) is 6.52. The summed E-state index contributed by atoms with van der Waals surface area (Å²) in [5.74, 6) is -0.229. The summed E-state index contributed by atoms with van der Waals surface area (Å²) in [6.45, 7) is 1.54. The monoisotopic (exact) mass is 559 g/mol. The van der Waals surface area contributed by atoms with Crippen molar-refractivity contribution >= 4 is 51.0 Å². The normalized spacial score (nSPS) is 15.7. The minimum atomic E-state index is -4.62. The van der Waals surface area contributed by atoms with Crippen molar-refractivity contribution in [3.05, 3.63) is 51.8 Å². The first kappa shape index (κ1) is 22.7. The Morgan fingerprint density at radius 2 is 1.91 bits per heavy atom. The highest BCUT2D eigenvalue weighted by atomic mass is 127. The van der Waals surface area contributed by atoms with E-state index in [1.165, 1.54) is 18.4 Å². The Labute approximate surface area is 196 Å². The van der Waals surface area contributed by atoms with Crippen LogP contribution < -0.4 is 15.4 Å². The highest BCUT2D eigenvalue weighted by Crippen LogP contribution is 2.39. The van der Waals surface area contributed by atoms with Crippen molar-refractivity contribution in [1.82, 2.24) is 4.90 Å². The Hall–Kier alpha value is -2.47. The largest absolute Gasteiger partial charge is 0.490 e. The molecule has 0 aliphatic carbocycles. The number of halogens is 4. The Morgan fingerprint density at radius 1 is 1.16 bits per heavy atom. The van der Waals surface area contributed by atoms with Crippen LogP contribution >= 0.6 is 22.6 Å². The van der Waals surface area contributed by atoms with Crippen LogP contribution in [-0.4, -0.2) is 37.2 Å². The number of likely N-dealkylation sites (tertiary alicyclic amines) is 1. The Morgan fingerprint density at radius 3 is 2.62 bits per heavy atom. The van der Waals surface area contributed by atoms with Crippen molar-refractivity contribution in [3.63, 3.8) is 0 Å². The second kappa shape index (κ2) is 9.18. The molecule has 1 fully saturated rings. The molecular weight excluding hydrogens is 538 g/mol. The topological polar surface area (TPSA) is 66.7 Å². The smallest absolute Gasteiger partial charge is 0.420 e. The number of hydrogen-bond acceptors (Lipinski definition) is 4. The second-order valence-electron chi connectivity index (χ2n) is 7.67. The fraction of sp³-hybridized carbons (Fsp3) is 0.318. The summed E-state index contributed by atoms with van der Waals surface area (Å²) in [5, 5.41) is 5.91. The van der Waals surface area contributed by atoms with Crippen LogP contribution in [0.5, 0.6) is 5.75 Å². The fourth-order valence-corrected chi connectivity index (χ4v) is 4.23. The van der Waals surface area contributed by atoms with Crippen LogP contribution in [0.25, 0.3) is 11.0 Å². The SMILES string of the molecule is CN1CCC(Oc2ccc(NC(=O)Nc3ccc(I)c4ccoc34)cc2C(F)(F)F)CC1. The number of nitrogens with one attached hydrogen (secondary N) is 2. The van der Waals surface area contributed by atoms with Crippen LogP contribution in [0.15, 0.2) is 47.1 Å². The molecule has 1 aliphatic heterocycles. The molecular formula is C22H21F3IN3O3. The molecule has 2 heterocycles. The van der Waals surface area contributed by atoms with E-state index in [9.17, 15) is 18.0 Å². The van der Waals surface area contributed by atoms with E-state index in [-0.39, 0.29) is 17.5 Å². The standard InChI is InChI=1S/C22H21F3IN3O3/c1-29-9-6-14(7-10-29)32-19-5-2-13(12-16(19)22(23,24)25)27-21(30)28-18-4-3-17(26)15-8-11-31-20(15)18/h2-5,8,11-12,14H,6-7,9-10H2,1H3,(H2,27,28,30). The second-order valence-corrected chi connectivity index (χ2v) is 8.83. The molecule has 2 amide bonds. The first-order chi connectivity index (χ1) is 15.2. The predicted octanol–water partition coefficient (Wildman–Crippen LogP) is 6.17. The highest BCUT2D eigenvalue weighted by molar-refractivity contribution is 14.1. The summed E-state index contributed by atoms with van der Waals surface area (Å²) in [6.07, 6.45) is -2.06. The number of piperidine rings is 1. The Balaban J connectivity index is 1.50. The van der Waals surface area contributed by atoms with E-state index in [2.05, 4.69) is 38.1 Å². The fourth-order valence-electron chi connectivity index (χ4n) is 3.63. The van der Waals surface area contributed by atoms with E-state index in [0.717, 1.165) is 28.1 Å². The molecule has 32 heavy (non-hydrogen) atoms. The van der Waals surface area contributed by atoms with Crippen molar-refractivity contribution in [2.75, 3.05) is 30.8 Å². The summed E-state index contributed by atoms with van der Waals surface area (Å²) in [7, 11) is 1.97. The number of fused-ring (bicyclic) bond motifs is 1. The van der Waals surface area contributed by atoms with Crippen molar-refractivity contribution in [2.24, 2.45) is 0 Å². The van der Waals surface area contributed by atoms with Crippen LogP contribution in [0, 0.1) is 3.57 Å². The molecule has 0 radical (unpaired) electrons. The average molecular weight is 559 g/mol. The van der Waals surface area contributed by atoms with E-state index in [1.54, 1.807) is 12.1 Å². The number of carbonyl (C=O) groups is 1. The lowest BCUT2D eigenvalue weighted by Crippen LogP contribution is -2.36. The van der Waals surface area contributed by atoms with Crippen molar-refractivity contribution in [2.45, 2.75) is 25.1 Å². The average Bonchev–Trinajstić information content (AvgIpc) is 3.23. The number of alkyl halides is 3. The summed E-state index contributed by atoms with van der Waals surface area (Å²) in [5.41, 5.74) is -0.00485. The van der Waals surface area contributed by atoms with Crippen LogP contribution in [-0.2, 0) is 6.18 Å². The predicted molar refractivity (Wildman–Crippen MR) is 124 cm³/mol. The minimum Gasteiger partial charge on any atom is -0.490 e. The van der Waals surface area contributed by atoms with Crippen LogP contribution in [0.1, 0.15) is 18.4 Å². The van der Waals surface area contributed by atoms with Gasteiger partial charge in [-0.2, -0.15) is 13.2 Å². The lowest BCUT2D eigenvalue weighted by atomic mass is 10.1. The lowest BCUT2D eigenvalue weighted by molar-refractivity contribution is -0.139. The molecule has 3 aromatic rings. The number of carbonyl (C=O) groups excluding carboxylic acids is 1. The maximum atomic E-state index is 13.7. The number of amides is 2. The summed E-state index contributed by atoms with van der Waals surface area (Å²) >= 11 is 2.15. The van der Waals surface area contributed by atoms with Gasteiger partial charge < -0.3 is 24.7 Å². The highest BCUT2D eigenvalue weighted by Gasteiger charge is 2.35. The summed E-state index contributed by atoms with van der Waals surface area (Å²) in [4.78, 5) is 14.6. The number of anilines is 2. The zero-order valence-electron chi connectivity index (χ0n) is 17.1. The van der Waals surface area contributed by atoms with E-state index >= 15 is 0 Å². The number of ether oxygens (including phenoxy) is 1. The van der Waals surface area contributed by atoms with Gasteiger partial charge in [0, 0.05) is 27.7 Å². The number of nitrogens with zero attached hydrogens (tertiary/aromatic N) is 1. The molecule has 0 saturated carbocycles. The summed E-state index contributed by atoms with van der Waals surface area (Å²) in [6, 6.07) is 8.12. The molecule has 0 atom stereocenters. The molecule has 2 aromatic carbocycles. The third-order valence-corrected chi connectivity index (χ3v) is 6.25. The van der Waals surface area contributed by atoms with Gasteiger partial charge in [0.1, 0.15) is 11.9 Å². The van der Waals surface area contributed by atoms with Gasteiger partial charge in [0.15, 0.2) is 5.58 Å². The van der Waals surface area contributed by atoms with Crippen molar-refractivity contribution < 1.29 is 27.1 Å². The van der Waals surface area contributed by atoms with Gasteiger partial charge in [-0.25, -0.2) is 4.79 Å². The van der Waals surface area contributed by atoms with Crippen LogP contribution in [0.2, 0.25) is 0 Å². The van der Waals surface area contributed by atoms with Crippen molar-refractivity contribution in [1.29, 1.82) is 0 Å². The maximum Gasteiger partial charge on any atom is 0.420 e. The number of benzene rings is 2. The lowest BCUT2D eigenvalue weighted by Gasteiger charge is -2.30. The molecule has 0 unspecified atom stereocenters. The number of hydrogen-bond donors (Lipinski definition) is 2. The molecule has 1 aliphatic rings. The van der Waals surface area contributed by atoms with Gasteiger partial charge in [0.05, 0.1) is 17.5 Å². The first-order valence-corrected chi connectivity index (χ1v) is 11.1. The van der Waals surface area contributed by atoms with Crippen LogP contribution in [0.3, 0.4) is 0 Å². The number of urea groups is 1. The number of rotatable bonds is 4. The molecule has 1 aromatic heterocycles. The van der Waals surface area contributed by atoms with Gasteiger partial charge in [0.2, 0.25) is 0 Å².